The summed E-state index contributed by atoms with van der Waals surface area (Å²) in [6, 6.07) is 2.73. The molecule has 1 aromatic rings. The SMILES string of the molecule is C/C=C/c1cc(N)c(F)cc1Cl. The van der Waals surface area contributed by atoms with E-state index in [0.29, 0.717) is 5.02 Å². The van der Waals surface area contributed by atoms with Crippen molar-refractivity contribution in [1.82, 2.24) is 0 Å². The van der Waals surface area contributed by atoms with E-state index in [9.17, 15) is 4.39 Å². The highest BCUT2D eigenvalue weighted by Crippen LogP contribution is 2.23. The molecule has 1 rings (SSSR count). The summed E-state index contributed by atoms with van der Waals surface area (Å²) in [5, 5.41) is 0.375. The van der Waals surface area contributed by atoms with E-state index in [1.165, 1.54) is 12.1 Å². The quantitative estimate of drug-likeness (QED) is 0.669. The Kier molecular flexibility index (Phi) is 2.71. The molecule has 3 heteroatoms. The third-order valence-corrected chi connectivity index (χ3v) is 1.79. The fourth-order valence-electron chi connectivity index (χ4n) is 0.891. The zero-order valence-corrected chi connectivity index (χ0v) is 7.40. The van der Waals surface area contributed by atoms with E-state index in [1.54, 1.807) is 6.08 Å². The second-order valence-corrected chi connectivity index (χ2v) is 2.80. The largest absolute Gasteiger partial charge is 0.396 e. The van der Waals surface area contributed by atoms with Gasteiger partial charge in [0.05, 0.1) is 10.7 Å². The first-order chi connectivity index (χ1) is 5.65. The molecule has 0 saturated carbocycles. The standard InChI is InChI=1S/C9H9ClFN/c1-2-3-6-4-9(12)8(11)5-7(6)10/h2-5H,12H2,1H3/b3-2+. The van der Waals surface area contributed by atoms with E-state index in [-0.39, 0.29) is 5.69 Å². The monoisotopic (exact) mass is 185 g/mol. The molecule has 0 spiro atoms. The van der Waals surface area contributed by atoms with Gasteiger partial charge in [0.2, 0.25) is 0 Å². The zero-order chi connectivity index (χ0) is 9.14. The zero-order valence-electron chi connectivity index (χ0n) is 6.64. The maximum atomic E-state index is 12.8. The van der Waals surface area contributed by atoms with Crippen LogP contribution >= 0.6 is 11.6 Å². The highest BCUT2D eigenvalue weighted by molar-refractivity contribution is 6.32. The molecule has 0 aromatic heterocycles. The summed E-state index contributed by atoms with van der Waals surface area (Å²) in [5.74, 6) is -0.478. The summed E-state index contributed by atoms with van der Waals surface area (Å²) in [6.07, 6.45) is 3.59. The van der Waals surface area contributed by atoms with E-state index < -0.39 is 5.82 Å². The minimum atomic E-state index is -0.478. The lowest BCUT2D eigenvalue weighted by molar-refractivity contribution is 0.632. The van der Waals surface area contributed by atoms with Crippen molar-refractivity contribution in [2.45, 2.75) is 6.92 Å². The molecular weight excluding hydrogens is 177 g/mol. The van der Waals surface area contributed by atoms with Crippen molar-refractivity contribution in [2.24, 2.45) is 0 Å². The second-order valence-electron chi connectivity index (χ2n) is 2.40. The van der Waals surface area contributed by atoms with Crippen LogP contribution in [-0.4, -0.2) is 0 Å². The van der Waals surface area contributed by atoms with Gasteiger partial charge >= 0.3 is 0 Å². The van der Waals surface area contributed by atoms with E-state index in [1.807, 2.05) is 13.0 Å². The molecule has 0 radical (unpaired) electrons. The first kappa shape index (κ1) is 9.07. The van der Waals surface area contributed by atoms with Crippen molar-refractivity contribution in [3.05, 3.63) is 34.6 Å². The van der Waals surface area contributed by atoms with Crippen LogP contribution in [0, 0.1) is 5.82 Å². The highest BCUT2D eigenvalue weighted by atomic mass is 35.5. The van der Waals surface area contributed by atoms with Crippen molar-refractivity contribution in [3.63, 3.8) is 0 Å². The van der Waals surface area contributed by atoms with Gasteiger partial charge in [0, 0.05) is 0 Å². The molecule has 0 saturated heterocycles. The first-order valence-electron chi connectivity index (χ1n) is 3.52. The Labute approximate surface area is 75.6 Å². The smallest absolute Gasteiger partial charge is 0.147 e. The lowest BCUT2D eigenvalue weighted by atomic mass is 10.2. The number of nitrogen functional groups attached to an aromatic ring is 1. The molecule has 0 aliphatic carbocycles. The fraction of sp³-hybridized carbons (Fsp3) is 0.111. The van der Waals surface area contributed by atoms with Crippen LogP contribution in [0.2, 0.25) is 5.02 Å². The molecular formula is C9H9ClFN. The lowest BCUT2D eigenvalue weighted by Gasteiger charge is -2.01. The van der Waals surface area contributed by atoms with Crippen LogP contribution in [0.5, 0.6) is 0 Å². The first-order valence-corrected chi connectivity index (χ1v) is 3.90. The number of benzene rings is 1. The van der Waals surface area contributed by atoms with Gasteiger partial charge in [0.15, 0.2) is 0 Å². The van der Waals surface area contributed by atoms with Gasteiger partial charge in [-0.2, -0.15) is 0 Å². The Morgan fingerprint density at radius 2 is 2.17 bits per heavy atom. The molecule has 0 amide bonds. The Hall–Kier alpha value is -1.02. The van der Waals surface area contributed by atoms with Crippen LogP contribution in [0.1, 0.15) is 12.5 Å². The third-order valence-electron chi connectivity index (χ3n) is 1.46. The molecule has 2 N–H and O–H groups in total. The minimum Gasteiger partial charge on any atom is -0.396 e. The van der Waals surface area contributed by atoms with Gasteiger partial charge < -0.3 is 5.73 Å². The predicted octanol–water partition coefficient (Wildman–Crippen LogP) is 3.09. The molecule has 0 heterocycles. The van der Waals surface area contributed by atoms with Crippen LogP contribution in [0.4, 0.5) is 10.1 Å². The summed E-state index contributed by atoms with van der Waals surface area (Å²) < 4.78 is 12.8. The number of hydrogen-bond donors (Lipinski definition) is 1. The number of nitrogens with two attached hydrogens (primary N) is 1. The summed E-state index contributed by atoms with van der Waals surface area (Å²) in [7, 11) is 0. The van der Waals surface area contributed by atoms with E-state index >= 15 is 0 Å². The fourth-order valence-corrected chi connectivity index (χ4v) is 1.10. The minimum absolute atomic E-state index is 0.118. The molecule has 0 fully saturated rings. The number of hydrogen-bond acceptors (Lipinski definition) is 1. The number of anilines is 1. The maximum Gasteiger partial charge on any atom is 0.147 e. The summed E-state index contributed by atoms with van der Waals surface area (Å²) in [6.45, 7) is 1.86. The van der Waals surface area contributed by atoms with Gasteiger partial charge in [-0.3, -0.25) is 0 Å². The summed E-state index contributed by atoms with van der Waals surface area (Å²) in [5.41, 5.74) is 6.20. The van der Waals surface area contributed by atoms with Crippen LogP contribution in [0.15, 0.2) is 18.2 Å². The number of halogens is 2. The molecule has 1 nitrogen and oxygen atoms in total. The molecule has 0 aliphatic rings. The summed E-state index contributed by atoms with van der Waals surface area (Å²) in [4.78, 5) is 0. The Bertz CT molecular complexity index is 321. The molecule has 0 bridgehead atoms. The molecule has 0 unspecified atom stereocenters. The lowest BCUT2D eigenvalue weighted by Crippen LogP contribution is -1.91. The Morgan fingerprint density at radius 1 is 1.50 bits per heavy atom. The average molecular weight is 186 g/mol. The van der Waals surface area contributed by atoms with Gasteiger partial charge in [0.25, 0.3) is 0 Å². The summed E-state index contributed by atoms with van der Waals surface area (Å²) >= 11 is 5.73. The van der Waals surface area contributed by atoms with Gasteiger partial charge in [-0.25, -0.2) is 4.39 Å². The van der Waals surface area contributed by atoms with Crippen LogP contribution in [-0.2, 0) is 0 Å². The van der Waals surface area contributed by atoms with E-state index in [2.05, 4.69) is 0 Å². The van der Waals surface area contributed by atoms with E-state index in [0.717, 1.165) is 5.56 Å². The highest BCUT2D eigenvalue weighted by Gasteiger charge is 2.02. The predicted molar refractivity (Wildman–Crippen MR) is 50.5 cm³/mol. The normalized spacial score (nSPS) is 10.9. The molecule has 1 aromatic carbocycles. The molecule has 64 valence electrons. The van der Waals surface area contributed by atoms with Gasteiger partial charge in [-0.1, -0.05) is 23.8 Å². The average Bonchev–Trinajstić information content (AvgIpc) is 2.01. The Balaban J connectivity index is 3.23. The molecule has 12 heavy (non-hydrogen) atoms. The maximum absolute atomic E-state index is 12.8. The number of allylic oxidation sites excluding steroid dienone is 1. The van der Waals surface area contributed by atoms with Gasteiger partial charge in [0.1, 0.15) is 5.82 Å². The topological polar surface area (TPSA) is 26.0 Å². The molecule has 0 atom stereocenters. The van der Waals surface area contributed by atoms with Crippen LogP contribution in [0.3, 0.4) is 0 Å². The van der Waals surface area contributed by atoms with Crippen LogP contribution in [0.25, 0.3) is 6.08 Å². The van der Waals surface area contributed by atoms with Crippen LogP contribution < -0.4 is 5.73 Å². The van der Waals surface area contributed by atoms with Gasteiger partial charge in [-0.05, 0) is 24.6 Å². The van der Waals surface area contributed by atoms with Gasteiger partial charge in [-0.15, -0.1) is 0 Å². The van der Waals surface area contributed by atoms with Crippen molar-refractivity contribution >= 4 is 23.4 Å². The van der Waals surface area contributed by atoms with Crippen molar-refractivity contribution in [3.8, 4) is 0 Å². The number of rotatable bonds is 1. The van der Waals surface area contributed by atoms with E-state index in [4.69, 9.17) is 17.3 Å². The van der Waals surface area contributed by atoms with Crippen molar-refractivity contribution in [2.75, 3.05) is 5.73 Å². The molecule has 0 aliphatic heterocycles. The third kappa shape index (κ3) is 1.77. The van der Waals surface area contributed by atoms with Crippen molar-refractivity contribution < 1.29 is 4.39 Å². The Morgan fingerprint density at radius 3 is 2.75 bits per heavy atom. The van der Waals surface area contributed by atoms with Crippen molar-refractivity contribution in [1.29, 1.82) is 0 Å². The second kappa shape index (κ2) is 3.59.